The van der Waals surface area contributed by atoms with Crippen molar-refractivity contribution in [2.45, 2.75) is 44.7 Å². The van der Waals surface area contributed by atoms with Gasteiger partial charge in [-0.25, -0.2) is 8.42 Å². The van der Waals surface area contributed by atoms with E-state index in [1.54, 1.807) is 44.2 Å². The fourth-order valence-electron chi connectivity index (χ4n) is 4.10. The largest absolute Gasteiger partial charge is 0.355 e. The molecule has 0 unspecified atom stereocenters. The number of anilines is 1. The first-order valence-electron chi connectivity index (χ1n) is 12.4. The summed E-state index contributed by atoms with van der Waals surface area (Å²) in [5, 5.41) is 3.77. The molecule has 0 heterocycles. The second-order valence-corrected chi connectivity index (χ2v) is 12.6. The van der Waals surface area contributed by atoms with E-state index in [1.807, 2.05) is 6.92 Å². The molecule has 0 aromatic heterocycles. The van der Waals surface area contributed by atoms with Gasteiger partial charge in [0.1, 0.15) is 12.6 Å². The number of carbonyl (C=O) groups excluding carboxylic acids is 2. The van der Waals surface area contributed by atoms with Crippen molar-refractivity contribution in [1.82, 2.24) is 10.2 Å². The summed E-state index contributed by atoms with van der Waals surface area (Å²) in [4.78, 5) is 28.3. The van der Waals surface area contributed by atoms with Crippen LogP contribution >= 0.6 is 46.4 Å². The highest BCUT2D eigenvalue weighted by atomic mass is 35.5. The number of halogens is 4. The molecule has 0 saturated carbocycles. The van der Waals surface area contributed by atoms with Crippen LogP contribution in [0.15, 0.2) is 65.6 Å². The first-order chi connectivity index (χ1) is 18.9. The van der Waals surface area contributed by atoms with Gasteiger partial charge in [-0.1, -0.05) is 77.1 Å². The second kappa shape index (κ2) is 13.9. The Morgan fingerprint density at radius 2 is 1.50 bits per heavy atom. The SMILES string of the molecule is CCNC(=O)[C@H](CC)N(Cc1ccc(Cl)c(Cl)c1)C(=O)CN(c1cc(Cl)cc(Cl)c1)S(=O)(=O)c1ccc(C)cc1. The van der Waals surface area contributed by atoms with Gasteiger partial charge in [0.25, 0.3) is 10.0 Å². The molecular weight excluding hydrogens is 616 g/mol. The Bertz CT molecular complexity index is 1460. The van der Waals surface area contributed by atoms with Crippen molar-refractivity contribution >= 4 is 73.9 Å². The standard InChI is InChI=1S/C28H29Cl4N3O4S/c1-4-26(28(37)33-5-2)34(16-19-8-11-24(31)25(32)12-19)27(36)17-35(22-14-20(29)13-21(30)15-22)40(38,39)23-9-6-18(3)7-10-23/h6-15,26H,4-5,16-17H2,1-3H3,(H,33,37)/t26-/m0/s1. The van der Waals surface area contributed by atoms with Crippen LogP contribution in [0.1, 0.15) is 31.4 Å². The average molecular weight is 645 g/mol. The van der Waals surface area contributed by atoms with Gasteiger partial charge in [0.15, 0.2) is 0 Å². The predicted molar refractivity (Wildman–Crippen MR) is 162 cm³/mol. The minimum Gasteiger partial charge on any atom is -0.355 e. The quantitative estimate of drug-likeness (QED) is 0.250. The summed E-state index contributed by atoms with van der Waals surface area (Å²) in [6.07, 6.45) is 0.284. The Morgan fingerprint density at radius 3 is 2.05 bits per heavy atom. The Kier molecular flexibility index (Phi) is 11.1. The predicted octanol–water partition coefficient (Wildman–Crippen LogP) is 6.75. The van der Waals surface area contributed by atoms with Crippen LogP contribution < -0.4 is 9.62 Å². The minimum atomic E-state index is -4.25. The van der Waals surface area contributed by atoms with Gasteiger partial charge in [0.2, 0.25) is 11.8 Å². The molecule has 40 heavy (non-hydrogen) atoms. The fourth-order valence-corrected chi connectivity index (χ4v) is 6.33. The first-order valence-corrected chi connectivity index (χ1v) is 15.4. The summed E-state index contributed by atoms with van der Waals surface area (Å²) in [5.74, 6) is -0.979. The van der Waals surface area contributed by atoms with Crippen molar-refractivity contribution in [1.29, 1.82) is 0 Å². The van der Waals surface area contributed by atoms with Gasteiger partial charge in [0.05, 0.1) is 20.6 Å². The highest BCUT2D eigenvalue weighted by molar-refractivity contribution is 7.92. The van der Waals surface area contributed by atoms with Gasteiger partial charge in [-0.15, -0.1) is 0 Å². The molecule has 2 amide bonds. The number of likely N-dealkylation sites (N-methyl/N-ethyl adjacent to an activating group) is 1. The van der Waals surface area contributed by atoms with E-state index in [0.29, 0.717) is 17.1 Å². The smallest absolute Gasteiger partial charge is 0.264 e. The number of benzene rings is 3. The lowest BCUT2D eigenvalue weighted by Gasteiger charge is -2.33. The van der Waals surface area contributed by atoms with Crippen molar-refractivity contribution < 1.29 is 18.0 Å². The molecule has 0 saturated heterocycles. The third-order valence-corrected chi connectivity index (χ3v) is 9.06. The number of aryl methyl sites for hydroxylation is 1. The van der Waals surface area contributed by atoms with E-state index >= 15 is 0 Å². The zero-order valence-electron chi connectivity index (χ0n) is 22.1. The maximum absolute atomic E-state index is 14.0. The van der Waals surface area contributed by atoms with Crippen LogP contribution in [0.5, 0.6) is 0 Å². The fraction of sp³-hybridized carbons (Fsp3) is 0.286. The van der Waals surface area contributed by atoms with Gasteiger partial charge in [-0.2, -0.15) is 0 Å². The molecule has 0 fully saturated rings. The van der Waals surface area contributed by atoms with Gasteiger partial charge in [-0.3, -0.25) is 13.9 Å². The van der Waals surface area contributed by atoms with Gasteiger partial charge in [-0.05, 0) is 68.3 Å². The summed E-state index contributed by atoms with van der Waals surface area (Å²) < 4.78 is 28.7. The number of hydrogen-bond donors (Lipinski definition) is 1. The third kappa shape index (κ3) is 7.83. The summed E-state index contributed by atoms with van der Waals surface area (Å²) in [6.45, 7) is 5.10. The lowest BCUT2D eigenvalue weighted by Crippen LogP contribution is -2.52. The zero-order chi connectivity index (χ0) is 29.6. The van der Waals surface area contributed by atoms with Crippen molar-refractivity contribution in [2.24, 2.45) is 0 Å². The second-order valence-electron chi connectivity index (χ2n) is 9.04. The van der Waals surface area contributed by atoms with E-state index in [9.17, 15) is 18.0 Å². The van der Waals surface area contributed by atoms with E-state index in [-0.39, 0.29) is 44.5 Å². The molecule has 7 nitrogen and oxygen atoms in total. The van der Waals surface area contributed by atoms with Gasteiger partial charge >= 0.3 is 0 Å². The summed E-state index contributed by atoms with van der Waals surface area (Å²) >= 11 is 24.7. The van der Waals surface area contributed by atoms with E-state index in [2.05, 4.69) is 5.32 Å². The summed E-state index contributed by atoms with van der Waals surface area (Å²) in [5.41, 5.74) is 1.59. The number of rotatable bonds is 11. The minimum absolute atomic E-state index is 0.0138. The first kappa shape index (κ1) is 32.0. The molecule has 0 aliphatic heterocycles. The molecule has 3 aromatic rings. The molecule has 0 bridgehead atoms. The molecule has 1 atom stereocenters. The summed E-state index contributed by atoms with van der Waals surface area (Å²) in [7, 11) is -4.25. The van der Waals surface area contributed by atoms with Crippen LogP contribution in [0.3, 0.4) is 0 Å². The highest BCUT2D eigenvalue weighted by Gasteiger charge is 2.34. The van der Waals surface area contributed by atoms with Crippen LogP contribution in [0.25, 0.3) is 0 Å². The van der Waals surface area contributed by atoms with E-state index in [0.717, 1.165) is 9.87 Å². The van der Waals surface area contributed by atoms with Crippen LogP contribution in [0.4, 0.5) is 5.69 Å². The number of sulfonamides is 1. The van der Waals surface area contributed by atoms with Crippen molar-refractivity contribution in [3.05, 3.63) is 91.9 Å². The number of hydrogen-bond acceptors (Lipinski definition) is 4. The molecule has 0 radical (unpaired) electrons. The highest BCUT2D eigenvalue weighted by Crippen LogP contribution is 2.31. The Morgan fingerprint density at radius 1 is 0.875 bits per heavy atom. The number of nitrogens with one attached hydrogen (secondary N) is 1. The zero-order valence-corrected chi connectivity index (χ0v) is 26.0. The molecule has 214 valence electrons. The molecule has 0 aliphatic carbocycles. The number of amides is 2. The molecular formula is C28H29Cl4N3O4S. The van der Waals surface area contributed by atoms with Crippen LogP contribution in [-0.4, -0.2) is 44.3 Å². The monoisotopic (exact) mass is 643 g/mol. The molecule has 3 aromatic carbocycles. The molecule has 1 N–H and O–H groups in total. The molecule has 0 spiro atoms. The average Bonchev–Trinajstić information content (AvgIpc) is 2.88. The number of nitrogens with zero attached hydrogens (tertiary/aromatic N) is 2. The summed E-state index contributed by atoms with van der Waals surface area (Å²) in [6, 6.07) is 14.6. The van der Waals surface area contributed by atoms with E-state index < -0.39 is 28.5 Å². The van der Waals surface area contributed by atoms with Crippen LogP contribution in [0.2, 0.25) is 20.1 Å². The van der Waals surface area contributed by atoms with Crippen molar-refractivity contribution in [3.8, 4) is 0 Å². The van der Waals surface area contributed by atoms with Gasteiger partial charge < -0.3 is 10.2 Å². The Balaban J connectivity index is 2.10. The lowest BCUT2D eigenvalue weighted by molar-refractivity contribution is -0.140. The van der Waals surface area contributed by atoms with Crippen molar-refractivity contribution in [3.63, 3.8) is 0 Å². The third-order valence-electron chi connectivity index (χ3n) is 6.10. The molecule has 12 heteroatoms. The Hall–Kier alpha value is -2.49. The topological polar surface area (TPSA) is 86.8 Å². The lowest BCUT2D eigenvalue weighted by atomic mass is 10.1. The maximum atomic E-state index is 14.0. The molecule has 3 rings (SSSR count). The van der Waals surface area contributed by atoms with Crippen LogP contribution in [0, 0.1) is 6.92 Å². The van der Waals surface area contributed by atoms with Crippen molar-refractivity contribution in [2.75, 3.05) is 17.4 Å². The van der Waals surface area contributed by atoms with E-state index in [4.69, 9.17) is 46.4 Å². The molecule has 0 aliphatic rings. The normalized spacial score (nSPS) is 12.1. The van der Waals surface area contributed by atoms with E-state index in [1.165, 1.54) is 35.2 Å². The Labute approximate surface area is 255 Å². The van der Waals surface area contributed by atoms with Crippen LogP contribution in [-0.2, 0) is 26.2 Å². The van der Waals surface area contributed by atoms with Gasteiger partial charge in [0, 0.05) is 23.1 Å². The number of carbonyl (C=O) groups is 2. The maximum Gasteiger partial charge on any atom is 0.264 e.